The van der Waals surface area contributed by atoms with Crippen molar-refractivity contribution in [3.8, 4) is 10.4 Å². The molecule has 0 atom stereocenters. The van der Waals surface area contributed by atoms with Crippen LogP contribution in [0.1, 0.15) is 19.7 Å². The van der Waals surface area contributed by atoms with Gasteiger partial charge in [0, 0.05) is 4.88 Å². The highest BCUT2D eigenvalue weighted by atomic mass is 32.1. The van der Waals surface area contributed by atoms with Gasteiger partial charge in [-0.3, -0.25) is 9.36 Å². The van der Waals surface area contributed by atoms with E-state index >= 15 is 0 Å². The fourth-order valence-corrected chi connectivity index (χ4v) is 5.12. The first-order chi connectivity index (χ1) is 12.0. The van der Waals surface area contributed by atoms with Crippen LogP contribution in [0.5, 0.6) is 0 Å². The van der Waals surface area contributed by atoms with E-state index in [9.17, 15) is 9.36 Å². The summed E-state index contributed by atoms with van der Waals surface area (Å²) >= 11 is 1.43. The van der Waals surface area contributed by atoms with Crippen LogP contribution >= 0.6 is 18.9 Å². The molecule has 0 aliphatic heterocycles. The zero-order valence-electron chi connectivity index (χ0n) is 14.0. The summed E-state index contributed by atoms with van der Waals surface area (Å²) < 4.78 is 23.2. The molecule has 0 saturated heterocycles. The zero-order chi connectivity index (χ0) is 17.9. The average Bonchev–Trinajstić information content (AvgIpc) is 3.00. The number of benzene rings is 1. The van der Waals surface area contributed by atoms with Gasteiger partial charge in [0.25, 0.3) is 5.56 Å². The zero-order valence-corrected chi connectivity index (χ0v) is 15.7. The molecule has 8 heteroatoms. The number of aromatic amines is 1. The van der Waals surface area contributed by atoms with Gasteiger partial charge in [-0.25, -0.2) is 4.98 Å². The molecular weight excluding hydrogens is 359 g/mol. The molecule has 6 nitrogen and oxygen atoms in total. The molecule has 0 bridgehead atoms. The number of nitrogens with one attached hydrogen (secondary N) is 1. The number of rotatable bonds is 7. The Balaban J connectivity index is 1.99. The van der Waals surface area contributed by atoms with Crippen molar-refractivity contribution >= 4 is 29.1 Å². The van der Waals surface area contributed by atoms with E-state index in [4.69, 9.17) is 9.05 Å². The molecule has 3 aromatic rings. The van der Waals surface area contributed by atoms with E-state index in [0.717, 1.165) is 10.4 Å². The minimum atomic E-state index is -3.32. The van der Waals surface area contributed by atoms with Gasteiger partial charge in [-0.1, -0.05) is 30.3 Å². The minimum absolute atomic E-state index is 0.0571. The summed E-state index contributed by atoms with van der Waals surface area (Å²) in [6.45, 7) is 4.02. The van der Waals surface area contributed by atoms with Gasteiger partial charge in [0.2, 0.25) is 0 Å². The largest absolute Gasteiger partial charge is 0.338 e. The van der Waals surface area contributed by atoms with Crippen LogP contribution in [-0.4, -0.2) is 23.2 Å². The smallest absolute Gasteiger partial charge is 0.309 e. The Bertz CT molecular complexity index is 958. The topological polar surface area (TPSA) is 81.3 Å². The molecule has 0 fully saturated rings. The fourth-order valence-electron chi connectivity index (χ4n) is 2.50. The molecule has 0 saturated carbocycles. The molecule has 0 unspecified atom stereocenters. The van der Waals surface area contributed by atoms with Gasteiger partial charge in [0.05, 0.1) is 18.6 Å². The molecule has 2 heterocycles. The predicted molar refractivity (Wildman–Crippen MR) is 100 cm³/mol. The van der Waals surface area contributed by atoms with Crippen molar-refractivity contribution < 1.29 is 13.6 Å². The van der Waals surface area contributed by atoms with Gasteiger partial charge in [-0.2, -0.15) is 0 Å². The maximum absolute atomic E-state index is 12.7. The first-order valence-electron chi connectivity index (χ1n) is 8.01. The molecule has 1 aromatic carbocycles. The molecular formula is C17H19N2O4PS. The molecule has 0 radical (unpaired) electrons. The standard InChI is InChI=1S/C17H19N2O4PS/c1-3-22-24(21,23-4-2)11-15-18-16(20)13-10-14(25-17(13)19-15)12-8-6-5-7-9-12/h5-10H,3-4,11H2,1-2H3,(H,18,19,20). The number of H-pyrrole nitrogens is 1. The minimum Gasteiger partial charge on any atom is -0.309 e. The first kappa shape index (κ1) is 18.0. The molecule has 0 aliphatic carbocycles. The van der Waals surface area contributed by atoms with E-state index in [2.05, 4.69) is 9.97 Å². The molecule has 0 spiro atoms. The lowest BCUT2D eigenvalue weighted by Gasteiger charge is -2.16. The summed E-state index contributed by atoms with van der Waals surface area (Å²) in [5, 5.41) is 0.523. The predicted octanol–water partition coefficient (Wildman–Crippen LogP) is 4.42. The van der Waals surface area contributed by atoms with Crippen molar-refractivity contribution in [3.05, 3.63) is 52.6 Å². The highest BCUT2D eigenvalue weighted by molar-refractivity contribution is 7.53. The number of fused-ring (bicyclic) bond motifs is 1. The number of thiophene rings is 1. The first-order valence-corrected chi connectivity index (χ1v) is 10.6. The lowest BCUT2D eigenvalue weighted by atomic mass is 10.2. The maximum Gasteiger partial charge on any atom is 0.338 e. The van der Waals surface area contributed by atoms with E-state index < -0.39 is 7.60 Å². The Kier molecular flexibility index (Phi) is 5.49. The van der Waals surface area contributed by atoms with Crippen molar-refractivity contribution in [2.75, 3.05) is 13.2 Å². The van der Waals surface area contributed by atoms with E-state index in [-0.39, 0.29) is 24.9 Å². The summed E-state index contributed by atoms with van der Waals surface area (Å²) in [4.78, 5) is 21.1. The second kappa shape index (κ2) is 7.62. The Labute approximate surface area is 149 Å². The molecule has 0 amide bonds. The van der Waals surface area contributed by atoms with Crippen LogP contribution in [0, 0.1) is 0 Å². The highest BCUT2D eigenvalue weighted by Gasteiger charge is 2.26. The summed E-state index contributed by atoms with van der Waals surface area (Å²) in [6, 6.07) is 11.6. The van der Waals surface area contributed by atoms with Crippen LogP contribution in [0.2, 0.25) is 0 Å². The summed E-state index contributed by atoms with van der Waals surface area (Å²) in [5.74, 6) is 0.309. The van der Waals surface area contributed by atoms with Crippen LogP contribution in [0.3, 0.4) is 0 Å². The third kappa shape index (κ3) is 4.07. The summed E-state index contributed by atoms with van der Waals surface area (Å²) in [7, 11) is -3.32. The lowest BCUT2D eigenvalue weighted by Crippen LogP contribution is -2.11. The van der Waals surface area contributed by atoms with Crippen LogP contribution in [0.15, 0.2) is 41.2 Å². The van der Waals surface area contributed by atoms with Gasteiger partial charge in [-0.15, -0.1) is 11.3 Å². The monoisotopic (exact) mass is 378 g/mol. The maximum atomic E-state index is 12.7. The van der Waals surface area contributed by atoms with Gasteiger partial charge >= 0.3 is 7.60 Å². The van der Waals surface area contributed by atoms with E-state index in [0.29, 0.717) is 16.0 Å². The SMILES string of the molecule is CCOP(=O)(Cc1nc2sc(-c3ccccc3)cc2c(=O)[nH]1)OCC. The third-order valence-electron chi connectivity index (χ3n) is 3.50. The van der Waals surface area contributed by atoms with Crippen molar-refractivity contribution in [1.82, 2.24) is 9.97 Å². The Morgan fingerprint density at radius 1 is 1.16 bits per heavy atom. The van der Waals surface area contributed by atoms with Crippen molar-refractivity contribution in [2.24, 2.45) is 0 Å². The highest BCUT2D eigenvalue weighted by Crippen LogP contribution is 2.50. The van der Waals surface area contributed by atoms with Crippen LogP contribution < -0.4 is 5.56 Å². The normalized spacial score (nSPS) is 11.9. The van der Waals surface area contributed by atoms with Crippen LogP contribution in [-0.2, 0) is 19.8 Å². The van der Waals surface area contributed by atoms with Crippen molar-refractivity contribution in [1.29, 1.82) is 0 Å². The third-order valence-corrected chi connectivity index (χ3v) is 6.57. The molecule has 0 aliphatic rings. The molecule has 25 heavy (non-hydrogen) atoms. The lowest BCUT2D eigenvalue weighted by molar-refractivity contribution is 0.218. The van der Waals surface area contributed by atoms with Crippen LogP contribution in [0.25, 0.3) is 20.7 Å². The van der Waals surface area contributed by atoms with Crippen molar-refractivity contribution in [2.45, 2.75) is 20.0 Å². The molecule has 1 N–H and O–H groups in total. The molecule has 2 aromatic heterocycles. The average molecular weight is 378 g/mol. The second-order valence-corrected chi connectivity index (χ2v) is 8.40. The quantitative estimate of drug-likeness (QED) is 0.616. The van der Waals surface area contributed by atoms with E-state index in [1.807, 2.05) is 36.4 Å². The Morgan fingerprint density at radius 2 is 1.84 bits per heavy atom. The van der Waals surface area contributed by atoms with Crippen LogP contribution in [0.4, 0.5) is 0 Å². The van der Waals surface area contributed by atoms with Gasteiger partial charge < -0.3 is 14.0 Å². The van der Waals surface area contributed by atoms with E-state index in [1.165, 1.54) is 11.3 Å². The Hall–Kier alpha value is -1.79. The number of hydrogen-bond donors (Lipinski definition) is 1. The Morgan fingerprint density at radius 3 is 2.48 bits per heavy atom. The fraction of sp³-hybridized carbons (Fsp3) is 0.294. The van der Waals surface area contributed by atoms with Gasteiger partial charge in [0.15, 0.2) is 0 Å². The summed E-state index contributed by atoms with van der Waals surface area (Å²) in [5.41, 5.74) is 0.777. The second-order valence-electron chi connectivity index (χ2n) is 5.31. The van der Waals surface area contributed by atoms with Gasteiger partial charge in [-0.05, 0) is 25.5 Å². The molecule has 132 valence electrons. The number of nitrogens with zero attached hydrogens (tertiary/aromatic N) is 1. The van der Waals surface area contributed by atoms with E-state index in [1.54, 1.807) is 13.8 Å². The number of aromatic nitrogens is 2. The molecule has 3 rings (SSSR count). The summed E-state index contributed by atoms with van der Waals surface area (Å²) in [6.07, 6.45) is -0.0571. The van der Waals surface area contributed by atoms with Gasteiger partial charge in [0.1, 0.15) is 16.8 Å². The van der Waals surface area contributed by atoms with Crippen molar-refractivity contribution in [3.63, 3.8) is 0 Å². The number of hydrogen-bond acceptors (Lipinski definition) is 6.